The smallest absolute Gasteiger partial charge is 0.859 e. The molecule has 112 valence electrons. The second-order valence-electron chi connectivity index (χ2n) is 4.46. The first-order valence-corrected chi connectivity index (χ1v) is 8.40. The van der Waals surface area contributed by atoms with Crippen molar-refractivity contribution >= 4 is 16.0 Å². The van der Waals surface area contributed by atoms with E-state index < -0.39 is 10.1 Å². The molecule has 0 fully saturated rings. The van der Waals surface area contributed by atoms with Crippen molar-refractivity contribution in [2.75, 3.05) is 12.3 Å². The molecular formula is C13H24NNaO4S. The molecule has 0 aliphatic carbocycles. The van der Waals surface area contributed by atoms with Crippen LogP contribution in [0.1, 0.15) is 51.9 Å². The number of hydrogen-bond donors (Lipinski definition) is 1. The maximum Gasteiger partial charge on any atom is 1.00 e. The van der Waals surface area contributed by atoms with E-state index in [4.69, 9.17) is 4.55 Å². The summed E-state index contributed by atoms with van der Waals surface area (Å²) < 4.78 is 29.3. The molecule has 0 radical (unpaired) electrons. The zero-order valence-corrected chi connectivity index (χ0v) is 15.4. The number of aliphatic imine (C=N–C) groups is 1. The van der Waals surface area contributed by atoms with Crippen molar-refractivity contribution in [1.29, 1.82) is 0 Å². The van der Waals surface area contributed by atoms with Gasteiger partial charge in [-0.2, -0.15) is 8.42 Å². The monoisotopic (exact) mass is 313 g/mol. The van der Waals surface area contributed by atoms with E-state index in [1.807, 2.05) is 6.08 Å². The van der Waals surface area contributed by atoms with E-state index in [-0.39, 0.29) is 41.2 Å². The molecule has 0 atom stereocenters. The maximum atomic E-state index is 11.3. The average molecular weight is 313 g/mol. The summed E-state index contributed by atoms with van der Waals surface area (Å²) in [6, 6.07) is 0. The van der Waals surface area contributed by atoms with Gasteiger partial charge in [-0.1, -0.05) is 38.3 Å². The van der Waals surface area contributed by atoms with Crippen molar-refractivity contribution in [2.24, 2.45) is 4.99 Å². The molecule has 0 spiro atoms. The molecule has 0 unspecified atom stereocenters. The molecule has 0 saturated carbocycles. The Bertz CT molecular complexity index is 380. The van der Waals surface area contributed by atoms with E-state index >= 15 is 0 Å². The molecule has 0 heterocycles. The van der Waals surface area contributed by atoms with Crippen LogP contribution in [-0.2, 0) is 10.1 Å². The first-order valence-electron chi connectivity index (χ1n) is 6.79. The van der Waals surface area contributed by atoms with Gasteiger partial charge in [0, 0.05) is 6.54 Å². The van der Waals surface area contributed by atoms with Gasteiger partial charge in [-0.05, 0) is 31.6 Å². The van der Waals surface area contributed by atoms with Crippen molar-refractivity contribution in [1.82, 2.24) is 0 Å². The standard InChI is InChI=1S/C13H25NO4S.Na/c1-2-3-4-5-6-7-10-13(15)14-11-8-9-12-19(16,17)18;/h7,10H,2-6,8-9,11-12H2,1H3,(H,14,15)(H,16,17,18);/q;+1/p-1/b10-7+;. The largest absolute Gasteiger partial charge is 1.00 e. The summed E-state index contributed by atoms with van der Waals surface area (Å²) >= 11 is 0. The molecule has 0 aromatic carbocycles. The minimum Gasteiger partial charge on any atom is -0.859 e. The molecule has 0 amide bonds. The summed E-state index contributed by atoms with van der Waals surface area (Å²) in [6.45, 7) is 2.45. The van der Waals surface area contributed by atoms with Crippen LogP contribution in [-0.4, -0.2) is 31.2 Å². The number of hydrogen-bond acceptors (Lipinski definition) is 4. The Balaban J connectivity index is 0. The molecule has 7 heteroatoms. The fourth-order valence-corrected chi connectivity index (χ4v) is 2.08. The fraction of sp³-hybridized carbons (Fsp3) is 0.769. The summed E-state index contributed by atoms with van der Waals surface area (Å²) in [5.41, 5.74) is 0. The normalized spacial score (nSPS) is 12.6. The quantitative estimate of drug-likeness (QED) is 0.173. The Morgan fingerprint density at radius 2 is 1.90 bits per heavy atom. The number of unbranched alkanes of at least 4 members (excludes halogenated alkanes) is 5. The minimum absolute atomic E-state index is 0. The summed E-state index contributed by atoms with van der Waals surface area (Å²) in [5.74, 6) is -0.549. The molecule has 20 heavy (non-hydrogen) atoms. The average Bonchev–Trinajstić information content (AvgIpc) is 2.31. The van der Waals surface area contributed by atoms with Crippen molar-refractivity contribution in [3.05, 3.63) is 12.2 Å². The van der Waals surface area contributed by atoms with Crippen LogP contribution in [0, 0.1) is 0 Å². The summed E-state index contributed by atoms with van der Waals surface area (Å²) in [5, 5.41) is 11.3. The third-order valence-corrected chi connectivity index (χ3v) is 3.37. The molecule has 0 rings (SSSR count). The first-order chi connectivity index (χ1) is 8.95. The van der Waals surface area contributed by atoms with E-state index in [0.29, 0.717) is 19.4 Å². The van der Waals surface area contributed by atoms with Crippen LogP contribution in [0.3, 0.4) is 0 Å². The summed E-state index contributed by atoms with van der Waals surface area (Å²) in [4.78, 5) is 3.78. The predicted octanol–water partition coefficient (Wildman–Crippen LogP) is -1.06. The van der Waals surface area contributed by atoms with Crippen molar-refractivity contribution in [2.45, 2.75) is 51.9 Å². The summed E-state index contributed by atoms with van der Waals surface area (Å²) in [6.07, 6.45) is 9.68. The molecule has 0 aliphatic rings. The van der Waals surface area contributed by atoms with Gasteiger partial charge < -0.3 is 10.1 Å². The van der Waals surface area contributed by atoms with Gasteiger partial charge in [0.05, 0.1) is 5.75 Å². The third-order valence-electron chi connectivity index (χ3n) is 2.56. The number of nitrogens with zero attached hydrogens (tertiary/aromatic N) is 1. The van der Waals surface area contributed by atoms with Crippen molar-refractivity contribution in [3.63, 3.8) is 0 Å². The zero-order valence-electron chi connectivity index (χ0n) is 12.5. The van der Waals surface area contributed by atoms with Crippen LogP contribution < -0.4 is 34.7 Å². The van der Waals surface area contributed by atoms with Crippen LogP contribution in [0.2, 0.25) is 0 Å². The third kappa shape index (κ3) is 18.1. The Morgan fingerprint density at radius 1 is 1.20 bits per heavy atom. The molecule has 0 aliphatic heterocycles. The predicted molar refractivity (Wildman–Crippen MR) is 75.9 cm³/mol. The van der Waals surface area contributed by atoms with Crippen LogP contribution >= 0.6 is 0 Å². The molecule has 0 aromatic heterocycles. The Kier molecular flexibility index (Phi) is 15.8. The molecule has 0 saturated heterocycles. The van der Waals surface area contributed by atoms with Gasteiger partial charge in [-0.15, -0.1) is 0 Å². The topological polar surface area (TPSA) is 89.8 Å². The maximum absolute atomic E-state index is 11.3. The second-order valence-corrected chi connectivity index (χ2v) is 6.04. The van der Waals surface area contributed by atoms with Gasteiger partial charge in [-0.25, -0.2) is 0 Å². The van der Waals surface area contributed by atoms with E-state index in [0.717, 1.165) is 12.8 Å². The molecule has 0 bridgehead atoms. The SMILES string of the molecule is CCCCCC/C=C/C([O-])=NCCCCS(=O)(=O)O.[Na+]. The van der Waals surface area contributed by atoms with Crippen LogP contribution in [0.15, 0.2) is 17.1 Å². The van der Waals surface area contributed by atoms with Crippen molar-refractivity contribution < 1.29 is 47.6 Å². The van der Waals surface area contributed by atoms with Crippen molar-refractivity contribution in [3.8, 4) is 0 Å². The Morgan fingerprint density at radius 3 is 2.50 bits per heavy atom. The zero-order chi connectivity index (χ0) is 14.6. The van der Waals surface area contributed by atoms with Crippen LogP contribution in [0.25, 0.3) is 0 Å². The van der Waals surface area contributed by atoms with Gasteiger partial charge in [0.2, 0.25) is 0 Å². The Labute approximate surface area is 144 Å². The first kappa shape index (κ1) is 22.4. The number of allylic oxidation sites excluding steroid dienone is 1. The second kappa shape index (κ2) is 14.1. The minimum atomic E-state index is -3.89. The van der Waals surface area contributed by atoms with E-state index in [2.05, 4.69) is 11.9 Å². The summed E-state index contributed by atoms with van der Waals surface area (Å²) in [7, 11) is -3.89. The van der Waals surface area contributed by atoms with Gasteiger partial charge in [0.15, 0.2) is 0 Å². The molecule has 5 nitrogen and oxygen atoms in total. The van der Waals surface area contributed by atoms with E-state index in [9.17, 15) is 13.5 Å². The van der Waals surface area contributed by atoms with E-state index in [1.165, 1.54) is 25.3 Å². The van der Waals surface area contributed by atoms with Crippen LogP contribution in [0.5, 0.6) is 0 Å². The van der Waals surface area contributed by atoms with Gasteiger partial charge >= 0.3 is 29.6 Å². The molecule has 0 aromatic rings. The Hall–Kier alpha value is 0.120. The fourth-order valence-electron chi connectivity index (χ4n) is 1.51. The van der Waals surface area contributed by atoms with Gasteiger partial charge in [0.25, 0.3) is 10.1 Å². The van der Waals surface area contributed by atoms with Crippen LogP contribution in [0.4, 0.5) is 0 Å². The van der Waals surface area contributed by atoms with E-state index in [1.54, 1.807) is 0 Å². The van der Waals surface area contributed by atoms with Gasteiger partial charge in [0.1, 0.15) is 0 Å². The number of rotatable bonds is 11. The molecule has 1 N–H and O–H groups in total. The molecular weight excluding hydrogens is 289 g/mol. The van der Waals surface area contributed by atoms with Gasteiger partial charge in [-0.3, -0.25) is 4.55 Å².